The molecule has 0 radical (unpaired) electrons. The molecule has 0 unspecified atom stereocenters. The zero-order chi connectivity index (χ0) is 9.80. The summed E-state index contributed by atoms with van der Waals surface area (Å²) in [5.74, 6) is -0.268. The molecule has 2 rings (SSSR count). The maximum Gasteiger partial charge on any atom is 0.146 e. The molecule has 2 aromatic rings. The van der Waals surface area contributed by atoms with E-state index in [2.05, 4.69) is 15.0 Å². The Hall–Kier alpha value is -1.84. The SMILES string of the molecule is Fc1ccccc1NCc1ccon1. The zero-order valence-electron chi connectivity index (χ0n) is 7.40. The second kappa shape index (κ2) is 3.91. The lowest BCUT2D eigenvalue weighted by Crippen LogP contribution is -2.01. The van der Waals surface area contributed by atoms with Crippen LogP contribution in [-0.2, 0) is 6.54 Å². The van der Waals surface area contributed by atoms with Crippen LogP contribution in [0.2, 0.25) is 0 Å². The summed E-state index contributed by atoms with van der Waals surface area (Å²) in [4.78, 5) is 0. The van der Waals surface area contributed by atoms with Gasteiger partial charge in [0.15, 0.2) is 0 Å². The van der Waals surface area contributed by atoms with Crippen LogP contribution in [0.5, 0.6) is 0 Å². The number of nitrogens with one attached hydrogen (secondary N) is 1. The second-order valence-corrected chi connectivity index (χ2v) is 2.82. The third kappa shape index (κ3) is 1.90. The molecule has 3 nitrogen and oxygen atoms in total. The number of rotatable bonds is 3. The normalized spacial score (nSPS) is 10.1. The lowest BCUT2D eigenvalue weighted by atomic mass is 10.3. The molecular formula is C10H9FN2O. The van der Waals surface area contributed by atoms with Crippen molar-refractivity contribution in [2.75, 3.05) is 5.32 Å². The van der Waals surface area contributed by atoms with E-state index < -0.39 is 0 Å². The quantitative estimate of drug-likeness (QED) is 0.811. The number of hydrogen-bond acceptors (Lipinski definition) is 3. The van der Waals surface area contributed by atoms with Crippen LogP contribution in [0.25, 0.3) is 0 Å². The molecule has 1 aromatic heterocycles. The van der Waals surface area contributed by atoms with E-state index in [1.165, 1.54) is 12.3 Å². The van der Waals surface area contributed by atoms with Gasteiger partial charge in [-0.25, -0.2) is 4.39 Å². The van der Waals surface area contributed by atoms with Gasteiger partial charge < -0.3 is 9.84 Å². The molecule has 0 saturated heterocycles. The van der Waals surface area contributed by atoms with E-state index in [9.17, 15) is 4.39 Å². The number of benzene rings is 1. The highest BCUT2D eigenvalue weighted by Crippen LogP contribution is 2.13. The topological polar surface area (TPSA) is 38.1 Å². The van der Waals surface area contributed by atoms with Crippen LogP contribution in [0.15, 0.2) is 41.1 Å². The van der Waals surface area contributed by atoms with Crippen LogP contribution in [0.1, 0.15) is 5.69 Å². The second-order valence-electron chi connectivity index (χ2n) is 2.82. The first kappa shape index (κ1) is 8.74. The van der Waals surface area contributed by atoms with Crippen molar-refractivity contribution in [1.82, 2.24) is 5.16 Å². The van der Waals surface area contributed by atoms with Gasteiger partial charge in [-0.1, -0.05) is 17.3 Å². The monoisotopic (exact) mass is 192 g/mol. The fourth-order valence-corrected chi connectivity index (χ4v) is 1.12. The molecule has 0 fully saturated rings. The van der Waals surface area contributed by atoms with Crippen LogP contribution in [-0.4, -0.2) is 5.16 Å². The lowest BCUT2D eigenvalue weighted by molar-refractivity contribution is 0.412. The summed E-state index contributed by atoms with van der Waals surface area (Å²) in [5, 5.41) is 6.62. The standard InChI is InChI=1S/C10H9FN2O/c11-9-3-1-2-4-10(9)12-7-8-5-6-14-13-8/h1-6,12H,7H2. The van der Waals surface area contributed by atoms with Gasteiger partial charge in [-0.15, -0.1) is 0 Å². The summed E-state index contributed by atoms with van der Waals surface area (Å²) < 4.78 is 17.8. The number of para-hydroxylation sites is 1. The third-order valence-electron chi connectivity index (χ3n) is 1.83. The maximum absolute atomic E-state index is 13.1. The molecule has 72 valence electrons. The van der Waals surface area contributed by atoms with Gasteiger partial charge in [0.2, 0.25) is 0 Å². The number of hydrogen-bond donors (Lipinski definition) is 1. The Labute approximate surface area is 80.5 Å². The molecule has 0 amide bonds. The Kier molecular flexibility index (Phi) is 2.44. The summed E-state index contributed by atoms with van der Waals surface area (Å²) in [6.07, 6.45) is 1.48. The predicted molar refractivity (Wildman–Crippen MR) is 50.2 cm³/mol. The maximum atomic E-state index is 13.1. The smallest absolute Gasteiger partial charge is 0.146 e. The lowest BCUT2D eigenvalue weighted by Gasteiger charge is -2.04. The average molecular weight is 192 g/mol. The average Bonchev–Trinajstić information content (AvgIpc) is 2.69. The molecule has 0 atom stereocenters. The van der Waals surface area contributed by atoms with Crippen LogP contribution in [0.3, 0.4) is 0 Å². The number of anilines is 1. The first-order valence-electron chi connectivity index (χ1n) is 4.24. The minimum absolute atomic E-state index is 0.268. The van der Waals surface area contributed by atoms with E-state index in [4.69, 9.17) is 0 Å². The molecule has 0 bridgehead atoms. The minimum Gasteiger partial charge on any atom is -0.377 e. The molecule has 0 saturated carbocycles. The summed E-state index contributed by atoms with van der Waals surface area (Å²) in [6.45, 7) is 0.456. The predicted octanol–water partition coefficient (Wildman–Crippen LogP) is 2.43. The highest BCUT2D eigenvalue weighted by Gasteiger charge is 2.00. The largest absolute Gasteiger partial charge is 0.377 e. The van der Waals surface area contributed by atoms with E-state index in [0.29, 0.717) is 12.2 Å². The van der Waals surface area contributed by atoms with E-state index in [1.54, 1.807) is 24.3 Å². The van der Waals surface area contributed by atoms with Crippen LogP contribution in [0, 0.1) is 5.82 Å². The number of aromatic nitrogens is 1. The molecule has 1 aromatic carbocycles. The highest BCUT2D eigenvalue weighted by molar-refractivity contribution is 5.44. The van der Waals surface area contributed by atoms with Gasteiger partial charge in [-0.3, -0.25) is 0 Å². The van der Waals surface area contributed by atoms with Crippen molar-refractivity contribution in [3.63, 3.8) is 0 Å². The Morgan fingerprint density at radius 1 is 1.29 bits per heavy atom. The molecule has 0 aliphatic heterocycles. The van der Waals surface area contributed by atoms with Crippen molar-refractivity contribution in [2.45, 2.75) is 6.54 Å². The number of halogens is 1. The van der Waals surface area contributed by atoms with Crippen molar-refractivity contribution >= 4 is 5.69 Å². The van der Waals surface area contributed by atoms with Gasteiger partial charge in [-0.2, -0.15) is 0 Å². The fourth-order valence-electron chi connectivity index (χ4n) is 1.12. The molecule has 1 heterocycles. The Balaban J connectivity index is 2.02. The van der Waals surface area contributed by atoms with Crippen molar-refractivity contribution in [3.05, 3.63) is 48.1 Å². The van der Waals surface area contributed by atoms with Gasteiger partial charge >= 0.3 is 0 Å². The molecular weight excluding hydrogens is 183 g/mol. The summed E-state index contributed by atoms with van der Waals surface area (Å²) in [6, 6.07) is 8.24. The molecule has 0 spiro atoms. The van der Waals surface area contributed by atoms with Gasteiger partial charge in [0.1, 0.15) is 17.8 Å². The fraction of sp³-hybridized carbons (Fsp3) is 0.100. The van der Waals surface area contributed by atoms with Crippen molar-refractivity contribution in [1.29, 1.82) is 0 Å². The summed E-state index contributed by atoms with van der Waals surface area (Å²) in [7, 11) is 0. The summed E-state index contributed by atoms with van der Waals surface area (Å²) in [5.41, 5.74) is 1.21. The van der Waals surface area contributed by atoms with E-state index >= 15 is 0 Å². The summed E-state index contributed by atoms with van der Waals surface area (Å²) >= 11 is 0. The Morgan fingerprint density at radius 2 is 2.14 bits per heavy atom. The minimum atomic E-state index is -0.268. The molecule has 1 N–H and O–H groups in total. The number of nitrogens with zero attached hydrogens (tertiary/aromatic N) is 1. The first-order chi connectivity index (χ1) is 6.86. The van der Waals surface area contributed by atoms with Gasteiger partial charge in [-0.05, 0) is 12.1 Å². The Bertz CT molecular complexity index is 400. The zero-order valence-corrected chi connectivity index (χ0v) is 7.40. The highest BCUT2D eigenvalue weighted by atomic mass is 19.1. The van der Waals surface area contributed by atoms with Gasteiger partial charge in [0.05, 0.1) is 12.2 Å². The van der Waals surface area contributed by atoms with Crippen LogP contribution < -0.4 is 5.32 Å². The molecule has 4 heteroatoms. The van der Waals surface area contributed by atoms with Gasteiger partial charge in [0, 0.05) is 6.07 Å². The van der Waals surface area contributed by atoms with Crippen molar-refractivity contribution in [2.24, 2.45) is 0 Å². The van der Waals surface area contributed by atoms with Crippen molar-refractivity contribution < 1.29 is 8.91 Å². The van der Waals surface area contributed by atoms with Crippen LogP contribution >= 0.6 is 0 Å². The van der Waals surface area contributed by atoms with Crippen molar-refractivity contribution in [3.8, 4) is 0 Å². The molecule has 14 heavy (non-hydrogen) atoms. The molecule has 0 aliphatic rings. The van der Waals surface area contributed by atoms with E-state index in [-0.39, 0.29) is 5.82 Å². The molecule has 0 aliphatic carbocycles. The van der Waals surface area contributed by atoms with E-state index in [1.807, 2.05) is 0 Å². The first-order valence-corrected chi connectivity index (χ1v) is 4.24. The third-order valence-corrected chi connectivity index (χ3v) is 1.83. The van der Waals surface area contributed by atoms with E-state index in [0.717, 1.165) is 5.69 Å². The van der Waals surface area contributed by atoms with Gasteiger partial charge in [0.25, 0.3) is 0 Å². The Morgan fingerprint density at radius 3 is 2.86 bits per heavy atom. The van der Waals surface area contributed by atoms with Crippen LogP contribution in [0.4, 0.5) is 10.1 Å².